The topological polar surface area (TPSA) is 42.2 Å². The highest BCUT2D eigenvalue weighted by atomic mass is 35.5. The molecule has 4 aromatic rings. The predicted molar refractivity (Wildman–Crippen MR) is 116 cm³/mol. The maximum Gasteiger partial charge on any atom is 0.204 e. The molecule has 0 amide bonds. The highest BCUT2D eigenvalue weighted by molar-refractivity contribution is 7.22. The van der Waals surface area contributed by atoms with Crippen LogP contribution in [0.1, 0.15) is 17.0 Å². The summed E-state index contributed by atoms with van der Waals surface area (Å²) in [6.07, 6.45) is 1.80. The van der Waals surface area contributed by atoms with Crippen molar-refractivity contribution >= 4 is 56.1 Å². The molecule has 2 heterocycles. The Kier molecular flexibility index (Phi) is 4.91. The third-order valence-electron chi connectivity index (χ3n) is 4.28. The summed E-state index contributed by atoms with van der Waals surface area (Å²) in [6.45, 7) is 4.08. The molecule has 0 aliphatic heterocycles. The standard InChI is InChI=1S/C20H16Cl2N4S/c1-12-9-14(13(2)26(12)18-8-7-15(21)10-16(18)22)11-23-25-20-24-17-5-3-4-6-19(17)27-20/h3-11H,1-2H3,(H,24,25). The van der Waals surface area contributed by atoms with Crippen LogP contribution in [0.15, 0.2) is 53.6 Å². The molecular formula is C20H16Cl2N4S. The second-order valence-electron chi connectivity index (χ2n) is 6.11. The van der Waals surface area contributed by atoms with E-state index in [1.54, 1.807) is 23.6 Å². The summed E-state index contributed by atoms with van der Waals surface area (Å²) in [6, 6.07) is 15.6. The van der Waals surface area contributed by atoms with Crippen molar-refractivity contribution in [1.82, 2.24) is 9.55 Å². The summed E-state index contributed by atoms with van der Waals surface area (Å²) in [5.41, 5.74) is 8.01. The molecule has 1 N–H and O–H groups in total. The number of hydrogen-bond donors (Lipinski definition) is 1. The van der Waals surface area contributed by atoms with E-state index in [0.717, 1.165) is 38.0 Å². The molecule has 2 aromatic carbocycles. The van der Waals surface area contributed by atoms with Gasteiger partial charge in [-0.15, -0.1) is 0 Å². The first kappa shape index (κ1) is 18.0. The van der Waals surface area contributed by atoms with Crippen molar-refractivity contribution in [3.05, 3.63) is 75.5 Å². The van der Waals surface area contributed by atoms with Crippen molar-refractivity contribution in [2.75, 3.05) is 5.43 Å². The number of halogens is 2. The minimum atomic E-state index is 0.611. The summed E-state index contributed by atoms with van der Waals surface area (Å²) in [5, 5.41) is 6.35. The molecule has 0 aliphatic rings. The maximum absolute atomic E-state index is 6.38. The Labute approximate surface area is 171 Å². The normalized spacial score (nSPS) is 11.6. The zero-order chi connectivity index (χ0) is 19.0. The average Bonchev–Trinajstić information content (AvgIpc) is 3.16. The first-order chi connectivity index (χ1) is 13.0. The molecule has 2 aromatic heterocycles. The second kappa shape index (κ2) is 7.35. The molecule has 4 rings (SSSR count). The summed E-state index contributed by atoms with van der Waals surface area (Å²) < 4.78 is 3.23. The fraction of sp³-hybridized carbons (Fsp3) is 0.100. The van der Waals surface area contributed by atoms with Crippen LogP contribution in [0.25, 0.3) is 15.9 Å². The van der Waals surface area contributed by atoms with Crippen LogP contribution in [0.5, 0.6) is 0 Å². The predicted octanol–water partition coefficient (Wildman–Crippen LogP) is 6.46. The zero-order valence-electron chi connectivity index (χ0n) is 14.7. The van der Waals surface area contributed by atoms with Crippen LogP contribution >= 0.6 is 34.5 Å². The van der Waals surface area contributed by atoms with Gasteiger partial charge in [0.05, 0.1) is 27.1 Å². The van der Waals surface area contributed by atoms with Crippen LogP contribution in [0.3, 0.4) is 0 Å². The van der Waals surface area contributed by atoms with Gasteiger partial charge < -0.3 is 4.57 Å². The lowest BCUT2D eigenvalue weighted by Crippen LogP contribution is -2.00. The van der Waals surface area contributed by atoms with E-state index in [0.29, 0.717) is 10.0 Å². The van der Waals surface area contributed by atoms with E-state index in [1.807, 2.05) is 50.2 Å². The lowest BCUT2D eigenvalue weighted by molar-refractivity contribution is 0.965. The van der Waals surface area contributed by atoms with Crippen LogP contribution < -0.4 is 5.43 Å². The Morgan fingerprint density at radius 2 is 1.93 bits per heavy atom. The van der Waals surface area contributed by atoms with Crippen molar-refractivity contribution in [2.24, 2.45) is 5.10 Å². The van der Waals surface area contributed by atoms with Gasteiger partial charge in [0.15, 0.2) is 0 Å². The van der Waals surface area contributed by atoms with E-state index >= 15 is 0 Å². The number of nitrogens with zero attached hydrogens (tertiary/aromatic N) is 3. The first-order valence-electron chi connectivity index (χ1n) is 8.32. The molecule has 0 fully saturated rings. The first-order valence-corrected chi connectivity index (χ1v) is 9.89. The van der Waals surface area contributed by atoms with Gasteiger partial charge >= 0.3 is 0 Å². The minimum Gasteiger partial charge on any atom is -0.316 e. The molecule has 0 radical (unpaired) electrons. The Bertz CT molecular complexity index is 1130. The van der Waals surface area contributed by atoms with Crippen molar-refractivity contribution in [2.45, 2.75) is 13.8 Å². The van der Waals surface area contributed by atoms with Gasteiger partial charge in [-0.1, -0.05) is 46.7 Å². The summed E-state index contributed by atoms with van der Waals surface area (Å²) >= 11 is 14.0. The summed E-state index contributed by atoms with van der Waals surface area (Å²) in [4.78, 5) is 4.52. The molecule has 0 atom stereocenters. The largest absolute Gasteiger partial charge is 0.316 e. The van der Waals surface area contributed by atoms with E-state index in [9.17, 15) is 0 Å². The number of hydrogen-bond acceptors (Lipinski definition) is 4. The lowest BCUT2D eigenvalue weighted by Gasteiger charge is -2.11. The third kappa shape index (κ3) is 3.58. The minimum absolute atomic E-state index is 0.611. The molecule has 7 heteroatoms. The van der Waals surface area contributed by atoms with Gasteiger partial charge in [0.25, 0.3) is 0 Å². The highest BCUT2D eigenvalue weighted by Crippen LogP contribution is 2.29. The second-order valence-corrected chi connectivity index (χ2v) is 7.99. The van der Waals surface area contributed by atoms with Crippen LogP contribution in [-0.4, -0.2) is 15.8 Å². The number of aromatic nitrogens is 2. The number of thiazole rings is 1. The smallest absolute Gasteiger partial charge is 0.204 e. The quantitative estimate of drug-likeness (QED) is 0.307. The summed E-state index contributed by atoms with van der Waals surface area (Å²) in [5.74, 6) is 0. The van der Waals surface area contributed by atoms with Gasteiger partial charge in [0, 0.05) is 22.0 Å². The number of anilines is 1. The number of rotatable bonds is 4. The average molecular weight is 415 g/mol. The molecule has 0 bridgehead atoms. The van der Waals surface area contributed by atoms with E-state index in [1.165, 1.54) is 0 Å². The van der Waals surface area contributed by atoms with Gasteiger partial charge in [0.1, 0.15) is 0 Å². The number of hydrazone groups is 1. The Hall–Kier alpha value is -2.34. The Morgan fingerprint density at radius 3 is 2.70 bits per heavy atom. The van der Waals surface area contributed by atoms with E-state index in [-0.39, 0.29) is 0 Å². The molecule has 4 nitrogen and oxygen atoms in total. The van der Waals surface area contributed by atoms with E-state index in [4.69, 9.17) is 23.2 Å². The van der Waals surface area contributed by atoms with Crippen molar-refractivity contribution in [3.8, 4) is 5.69 Å². The van der Waals surface area contributed by atoms with Crippen LogP contribution in [0.2, 0.25) is 10.0 Å². The molecule has 0 unspecified atom stereocenters. The maximum atomic E-state index is 6.38. The molecule has 0 spiro atoms. The van der Waals surface area contributed by atoms with E-state index < -0.39 is 0 Å². The van der Waals surface area contributed by atoms with Crippen molar-refractivity contribution in [3.63, 3.8) is 0 Å². The van der Waals surface area contributed by atoms with Crippen LogP contribution in [0, 0.1) is 13.8 Å². The monoisotopic (exact) mass is 414 g/mol. The molecular weight excluding hydrogens is 399 g/mol. The fourth-order valence-corrected chi connectivity index (χ4v) is 4.34. The van der Waals surface area contributed by atoms with Gasteiger partial charge in [-0.3, -0.25) is 5.43 Å². The van der Waals surface area contributed by atoms with Gasteiger partial charge in [0.2, 0.25) is 5.13 Å². The number of benzene rings is 2. The van der Waals surface area contributed by atoms with Crippen LogP contribution in [0.4, 0.5) is 5.13 Å². The number of fused-ring (bicyclic) bond motifs is 1. The SMILES string of the molecule is Cc1cc(C=NNc2nc3ccccc3s2)c(C)n1-c1ccc(Cl)cc1Cl. The molecule has 27 heavy (non-hydrogen) atoms. The van der Waals surface area contributed by atoms with Crippen molar-refractivity contribution in [1.29, 1.82) is 0 Å². The molecule has 0 saturated carbocycles. The van der Waals surface area contributed by atoms with E-state index in [2.05, 4.69) is 26.1 Å². The van der Waals surface area contributed by atoms with Gasteiger partial charge in [-0.05, 0) is 50.2 Å². The Balaban J connectivity index is 1.60. The van der Waals surface area contributed by atoms with Crippen molar-refractivity contribution < 1.29 is 0 Å². The molecule has 0 aliphatic carbocycles. The molecule has 0 saturated heterocycles. The highest BCUT2D eigenvalue weighted by Gasteiger charge is 2.12. The zero-order valence-corrected chi connectivity index (χ0v) is 17.0. The van der Waals surface area contributed by atoms with Crippen LogP contribution in [-0.2, 0) is 0 Å². The van der Waals surface area contributed by atoms with Gasteiger partial charge in [-0.25, -0.2) is 4.98 Å². The number of para-hydroxylation sites is 1. The third-order valence-corrected chi connectivity index (χ3v) is 5.76. The summed E-state index contributed by atoms with van der Waals surface area (Å²) in [7, 11) is 0. The fourth-order valence-electron chi connectivity index (χ4n) is 3.03. The number of aryl methyl sites for hydroxylation is 1. The Morgan fingerprint density at radius 1 is 1.11 bits per heavy atom. The number of nitrogens with one attached hydrogen (secondary N) is 1. The molecule has 136 valence electrons. The van der Waals surface area contributed by atoms with Gasteiger partial charge in [-0.2, -0.15) is 5.10 Å². The lowest BCUT2D eigenvalue weighted by atomic mass is 10.2.